The molecule has 3 aromatic rings. The first-order chi connectivity index (χ1) is 10.7. The van der Waals surface area contributed by atoms with Crippen LogP contribution >= 0.6 is 24.2 Å². The normalized spacial score (nSPS) is 12.6. The number of aromatic nitrogens is 1. The number of halogens is 1. The van der Waals surface area contributed by atoms with E-state index < -0.39 is 0 Å². The molecule has 0 saturated carbocycles. The van der Waals surface area contributed by atoms with Gasteiger partial charge in [-0.3, -0.25) is 0 Å². The van der Waals surface area contributed by atoms with Crippen LogP contribution in [0.1, 0.15) is 0 Å². The first-order valence-electron chi connectivity index (χ1n) is 6.57. The van der Waals surface area contributed by atoms with Gasteiger partial charge in [0.05, 0.1) is 5.02 Å². The summed E-state index contributed by atoms with van der Waals surface area (Å²) in [7, 11) is 0. The Morgan fingerprint density at radius 3 is 2.73 bits per heavy atom. The first kappa shape index (κ1) is 13.5. The van der Waals surface area contributed by atoms with E-state index in [1.54, 1.807) is 6.07 Å². The van der Waals surface area contributed by atoms with Gasteiger partial charge in [0.1, 0.15) is 5.69 Å². The standard InChI is InChI=1S/C16H10ClNO3S/c17-11-4-2-1-3-10(11)15-14(18-16(22)21-15)9-5-6-12-13(7-9)20-8-19-12/h1-7H,8H2,(H,18,22). The highest BCUT2D eigenvalue weighted by Gasteiger charge is 2.20. The molecule has 0 radical (unpaired) electrons. The molecule has 110 valence electrons. The number of oxazole rings is 1. The van der Waals surface area contributed by atoms with Gasteiger partial charge in [-0.1, -0.05) is 36.4 Å². The first-order valence-corrected chi connectivity index (χ1v) is 7.39. The van der Waals surface area contributed by atoms with Gasteiger partial charge in [0.25, 0.3) is 5.22 Å². The van der Waals surface area contributed by atoms with Crippen molar-refractivity contribution in [2.45, 2.75) is 5.22 Å². The number of thiol groups is 1. The van der Waals surface area contributed by atoms with Crippen molar-refractivity contribution >= 4 is 24.2 Å². The fourth-order valence-corrected chi connectivity index (χ4v) is 2.79. The Morgan fingerprint density at radius 2 is 1.86 bits per heavy atom. The smallest absolute Gasteiger partial charge is 0.253 e. The molecule has 6 heteroatoms. The molecule has 0 aliphatic carbocycles. The monoisotopic (exact) mass is 331 g/mol. The van der Waals surface area contributed by atoms with E-state index in [4.69, 9.17) is 25.5 Å². The van der Waals surface area contributed by atoms with Crippen LogP contribution in [-0.2, 0) is 0 Å². The summed E-state index contributed by atoms with van der Waals surface area (Å²) in [6.07, 6.45) is 0. The van der Waals surface area contributed by atoms with E-state index >= 15 is 0 Å². The van der Waals surface area contributed by atoms with Crippen molar-refractivity contribution < 1.29 is 13.9 Å². The van der Waals surface area contributed by atoms with Crippen LogP contribution in [0, 0.1) is 0 Å². The number of rotatable bonds is 2. The van der Waals surface area contributed by atoms with Crippen molar-refractivity contribution in [3.05, 3.63) is 47.5 Å². The van der Waals surface area contributed by atoms with Crippen LogP contribution in [0.15, 0.2) is 52.1 Å². The maximum atomic E-state index is 6.26. The van der Waals surface area contributed by atoms with E-state index in [1.807, 2.05) is 36.4 Å². The van der Waals surface area contributed by atoms with Crippen molar-refractivity contribution in [2.24, 2.45) is 0 Å². The highest BCUT2D eigenvalue weighted by Crippen LogP contribution is 2.41. The number of benzene rings is 2. The Bertz CT molecular complexity index is 862. The lowest BCUT2D eigenvalue weighted by atomic mass is 10.1. The van der Waals surface area contributed by atoms with Crippen LogP contribution in [0.4, 0.5) is 0 Å². The van der Waals surface area contributed by atoms with Crippen molar-refractivity contribution in [2.75, 3.05) is 6.79 Å². The molecule has 0 unspecified atom stereocenters. The second-order valence-corrected chi connectivity index (χ2v) is 5.51. The molecule has 22 heavy (non-hydrogen) atoms. The lowest BCUT2D eigenvalue weighted by Gasteiger charge is -2.04. The van der Waals surface area contributed by atoms with Crippen LogP contribution in [0.25, 0.3) is 22.6 Å². The SMILES string of the molecule is Sc1nc(-c2ccc3c(c2)OCO3)c(-c2ccccc2Cl)o1. The Labute approximate surface area is 137 Å². The molecule has 1 aliphatic rings. The topological polar surface area (TPSA) is 44.5 Å². The molecular formula is C16H10ClNO3S. The summed E-state index contributed by atoms with van der Waals surface area (Å²) in [5.41, 5.74) is 2.28. The summed E-state index contributed by atoms with van der Waals surface area (Å²) in [6, 6.07) is 13.1. The summed E-state index contributed by atoms with van der Waals surface area (Å²) in [5.74, 6) is 1.98. The van der Waals surface area contributed by atoms with Gasteiger partial charge in [0.2, 0.25) is 6.79 Å². The molecule has 4 nitrogen and oxygen atoms in total. The molecule has 1 aromatic heterocycles. The van der Waals surface area contributed by atoms with Gasteiger partial charge in [-0.25, -0.2) is 4.98 Å². The number of ether oxygens (including phenoxy) is 2. The van der Waals surface area contributed by atoms with Gasteiger partial charge in [-0.15, -0.1) is 0 Å². The molecule has 0 atom stereocenters. The summed E-state index contributed by atoms with van der Waals surface area (Å²) in [4.78, 5) is 4.37. The van der Waals surface area contributed by atoms with Gasteiger partial charge in [0.15, 0.2) is 17.3 Å². The summed E-state index contributed by atoms with van der Waals surface area (Å²) in [6.45, 7) is 0.229. The summed E-state index contributed by atoms with van der Waals surface area (Å²) >= 11 is 10.5. The van der Waals surface area contributed by atoms with Crippen LogP contribution in [-0.4, -0.2) is 11.8 Å². The van der Waals surface area contributed by atoms with E-state index in [0.717, 1.165) is 16.9 Å². The zero-order valence-corrected chi connectivity index (χ0v) is 12.9. The Hall–Kier alpha value is -2.11. The minimum atomic E-state index is 0.229. The number of nitrogens with zero attached hydrogens (tertiary/aromatic N) is 1. The highest BCUT2D eigenvalue weighted by molar-refractivity contribution is 7.80. The second kappa shape index (κ2) is 5.26. The molecule has 0 fully saturated rings. The van der Waals surface area contributed by atoms with Crippen LogP contribution < -0.4 is 9.47 Å². The molecule has 0 N–H and O–H groups in total. The molecule has 0 saturated heterocycles. The molecule has 0 bridgehead atoms. The maximum absolute atomic E-state index is 6.26. The van der Waals surface area contributed by atoms with Crippen LogP contribution in [0.5, 0.6) is 11.5 Å². The van der Waals surface area contributed by atoms with E-state index in [2.05, 4.69) is 17.6 Å². The third-order valence-electron chi connectivity index (χ3n) is 3.38. The van der Waals surface area contributed by atoms with Crippen molar-refractivity contribution in [3.63, 3.8) is 0 Å². The van der Waals surface area contributed by atoms with Gasteiger partial charge < -0.3 is 13.9 Å². The maximum Gasteiger partial charge on any atom is 0.253 e. The summed E-state index contributed by atoms with van der Waals surface area (Å²) in [5, 5.41) is 0.872. The molecule has 2 aromatic carbocycles. The largest absolute Gasteiger partial charge is 0.454 e. The van der Waals surface area contributed by atoms with E-state index in [9.17, 15) is 0 Å². The Kier molecular flexibility index (Phi) is 3.24. The van der Waals surface area contributed by atoms with Gasteiger partial charge >= 0.3 is 0 Å². The second-order valence-electron chi connectivity index (χ2n) is 4.72. The average Bonchev–Trinajstić information content (AvgIpc) is 3.13. The highest BCUT2D eigenvalue weighted by atomic mass is 35.5. The zero-order valence-electron chi connectivity index (χ0n) is 11.2. The van der Waals surface area contributed by atoms with Crippen molar-refractivity contribution in [3.8, 4) is 34.1 Å². The molecule has 2 heterocycles. The average molecular weight is 332 g/mol. The van der Waals surface area contributed by atoms with Crippen LogP contribution in [0.3, 0.4) is 0 Å². The van der Waals surface area contributed by atoms with Gasteiger partial charge in [0, 0.05) is 11.1 Å². The van der Waals surface area contributed by atoms with Gasteiger partial charge in [-0.05, 0) is 30.3 Å². The fraction of sp³-hybridized carbons (Fsp3) is 0.0625. The lowest BCUT2D eigenvalue weighted by molar-refractivity contribution is 0.174. The number of hydrogen-bond acceptors (Lipinski definition) is 5. The molecule has 1 aliphatic heterocycles. The third-order valence-corrected chi connectivity index (χ3v) is 3.90. The number of hydrogen-bond donors (Lipinski definition) is 1. The lowest BCUT2D eigenvalue weighted by Crippen LogP contribution is -1.92. The zero-order chi connectivity index (χ0) is 15.1. The number of fused-ring (bicyclic) bond motifs is 1. The summed E-state index contributed by atoms with van der Waals surface area (Å²) < 4.78 is 16.4. The third kappa shape index (κ3) is 2.23. The van der Waals surface area contributed by atoms with E-state index in [-0.39, 0.29) is 12.0 Å². The van der Waals surface area contributed by atoms with E-state index in [0.29, 0.717) is 22.2 Å². The minimum Gasteiger partial charge on any atom is -0.454 e. The van der Waals surface area contributed by atoms with Crippen molar-refractivity contribution in [1.82, 2.24) is 4.98 Å². The molecule has 4 rings (SSSR count). The van der Waals surface area contributed by atoms with Crippen molar-refractivity contribution in [1.29, 1.82) is 0 Å². The van der Waals surface area contributed by atoms with E-state index in [1.165, 1.54) is 0 Å². The fourth-order valence-electron chi connectivity index (χ4n) is 2.38. The quantitative estimate of drug-likeness (QED) is 0.692. The Morgan fingerprint density at radius 1 is 1.05 bits per heavy atom. The molecule has 0 spiro atoms. The minimum absolute atomic E-state index is 0.229. The van der Waals surface area contributed by atoms with Gasteiger partial charge in [-0.2, -0.15) is 0 Å². The molecular weight excluding hydrogens is 322 g/mol. The molecule has 0 amide bonds. The Balaban J connectivity index is 1.88. The predicted octanol–water partition coefficient (Wildman–Crippen LogP) is 4.68. The van der Waals surface area contributed by atoms with Crippen LogP contribution in [0.2, 0.25) is 5.02 Å². The predicted molar refractivity (Wildman–Crippen MR) is 85.8 cm³/mol.